The summed E-state index contributed by atoms with van der Waals surface area (Å²) in [6.45, 7) is 1.34. The molecule has 1 aromatic carbocycles. The third kappa shape index (κ3) is 2.37. The van der Waals surface area contributed by atoms with Gasteiger partial charge < -0.3 is 20.1 Å². The van der Waals surface area contributed by atoms with Crippen molar-refractivity contribution >= 4 is 22.8 Å². The Morgan fingerprint density at radius 3 is 2.79 bits per heavy atom. The second-order valence-corrected chi connectivity index (χ2v) is 4.08. The number of fused-ring (bicyclic) bond motifs is 1. The number of benzene rings is 1. The SMILES string of the molecule is COc1cccc2[nH]c(C)c(C(=O)NCC(=O)O)c12. The van der Waals surface area contributed by atoms with E-state index in [0.717, 1.165) is 5.52 Å². The summed E-state index contributed by atoms with van der Waals surface area (Å²) in [7, 11) is 1.52. The number of carbonyl (C=O) groups is 2. The van der Waals surface area contributed by atoms with Gasteiger partial charge in [-0.3, -0.25) is 9.59 Å². The molecule has 1 heterocycles. The lowest BCUT2D eigenvalue weighted by Gasteiger charge is -2.05. The van der Waals surface area contributed by atoms with Crippen LogP contribution in [0, 0.1) is 6.92 Å². The topological polar surface area (TPSA) is 91.4 Å². The number of carbonyl (C=O) groups excluding carboxylic acids is 1. The maximum absolute atomic E-state index is 12.1. The van der Waals surface area contributed by atoms with Crippen LogP contribution in [0.4, 0.5) is 0 Å². The zero-order valence-electron chi connectivity index (χ0n) is 10.6. The first-order valence-corrected chi connectivity index (χ1v) is 5.70. The van der Waals surface area contributed by atoms with E-state index in [2.05, 4.69) is 10.3 Å². The van der Waals surface area contributed by atoms with Gasteiger partial charge >= 0.3 is 5.97 Å². The smallest absolute Gasteiger partial charge is 0.322 e. The number of amides is 1. The Morgan fingerprint density at radius 1 is 1.42 bits per heavy atom. The second-order valence-electron chi connectivity index (χ2n) is 4.08. The number of ether oxygens (including phenoxy) is 1. The minimum atomic E-state index is -1.09. The summed E-state index contributed by atoms with van der Waals surface area (Å²) in [5.41, 5.74) is 1.86. The molecule has 2 aromatic rings. The van der Waals surface area contributed by atoms with E-state index in [1.807, 2.05) is 12.1 Å². The largest absolute Gasteiger partial charge is 0.496 e. The standard InChI is InChI=1S/C13H14N2O4/c1-7-11(13(18)14-6-10(16)17)12-8(15-7)4-3-5-9(12)19-2/h3-5,15H,6H2,1-2H3,(H,14,18)(H,16,17). The van der Waals surface area contributed by atoms with Crippen molar-refractivity contribution in [1.82, 2.24) is 10.3 Å². The Kier molecular flexibility index (Phi) is 3.41. The number of hydrogen-bond acceptors (Lipinski definition) is 3. The number of aromatic amines is 1. The fourth-order valence-corrected chi connectivity index (χ4v) is 2.04. The number of H-pyrrole nitrogens is 1. The van der Waals surface area contributed by atoms with E-state index in [4.69, 9.17) is 9.84 Å². The molecule has 0 bridgehead atoms. The first-order chi connectivity index (χ1) is 9.04. The predicted molar refractivity (Wildman–Crippen MR) is 69.6 cm³/mol. The number of carboxylic acids is 1. The molecule has 0 aliphatic carbocycles. The molecule has 100 valence electrons. The molecule has 0 fully saturated rings. The van der Waals surface area contributed by atoms with Crippen molar-refractivity contribution in [1.29, 1.82) is 0 Å². The second kappa shape index (κ2) is 5.01. The molecule has 0 saturated carbocycles. The van der Waals surface area contributed by atoms with Crippen LogP contribution in [0.5, 0.6) is 5.75 Å². The van der Waals surface area contributed by atoms with Crippen molar-refractivity contribution in [2.45, 2.75) is 6.92 Å². The lowest BCUT2D eigenvalue weighted by atomic mass is 10.1. The molecule has 1 amide bonds. The number of methoxy groups -OCH3 is 1. The maximum atomic E-state index is 12.1. The average Bonchev–Trinajstić information content (AvgIpc) is 2.71. The first-order valence-electron chi connectivity index (χ1n) is 5.70. The fraction of sp³-hybridized carbons (Fsp3) is 0.231. The van der Waals surface area contributed by atoms with Gasteiger partial charge in [0.1, 0.15) is 12.3 Å². The van der Waals surface area contributed by atoms with E-state index in [1.165, 1.54) is 7.11 Å². The van der Waals surface area contributed by atoms with E-state index < -0.39 is 18.4 Å². The van der Waals surface area contributed by atoms with Crippen LogP contribution in [0.3, 0.4) is 0 Å². The van der Waals surface area contributed by atoms with Gasteiger partial charge in [0.05, 0.1) is 23.6 Å². The van der Waals surface area contributed by atoms with Crippen LogP contribution in [-0.2, 0) is 4.79 Å². The van der Waals surface area contributed by atoms with E-state index in [1.54, 1.807) is 13.0 Å². The van der Waals surface area contributed by atoms with Crippen molar-refractivity contribution in [3.05, 3.63) is 29.5 Å². The van der Waals surface area contributed by atoms with Crippen LogP contribution in [0.1, 0.15) is 16.1 Å². The third-order valence-electron chi connectivity index (χ3n) is 2.82. The van der Waals surface area contributed by atoms with Gasteiger partial charge in [-0.15, -0.1) is 0 Å². The Hall–Kier alpha value is -2.50. The van der Waals surface area contributed by atoms with Crippen LogP contribution in [0.2, 0.25) is 0 Å². The lowest BCUT2D eigenvalue weighted by molar-refractivity contribution is -0.135. The van der Waals surface area contributed by atoms with E-state index in [-0.39, 0.29) is 0 Å². The fourth-order valence-electron chi connectivity index (χ4n) is 2.04. The Balaban J connectivity index is 2.49. The summed E-state index contributed by atoms with van der Waals surface area (Å²) in [6, 6.07) is 5.40. The van der Waals surface area contributed by atoms with Crippen molar-refractivity contribution in [3.63, 3.8) is 0 Å². The van der Waals surface area contributed by atoms with Gasteiger partial charge in [-0.1, -0.05) is 6.07 Å². The van der Waals surface area contributed by atoms with Crippen LogP contribution < -0.4 is 10.1 Å². The molecule has 6 heteroatoms. The highest BCUT2D eigenvalue weighted by Gasteiger charge is 2.19. The summed E-state index contributed by atoms with van der Waals surface area (Å²) >= 11 is 0. The van der Waals surface area contributed by atoms with Gasteiger partial charge in [-0.25, -0.2) is 0 Å². The average molecular weight is 262 g/mol. The number of nitrogens with one attached hydrogen (secondary N) is 2. The molecular formula is C13H14N2O4. The van der Waals surface area contributed by atoms with Crippen molar-refractivity contribution in [3.8, 4) is 5.75 Å². The van der Waals surface area contributed by atoms with Gasteiger partial charge in [-0.2, -0.15) is 0 Å². The molecule has 0 unspecified atom stereocenters. The molecule has 0 radical (unpaired) electrons. The van der Waals surface area contributed by atoms with Crippen molar-refractivity contribution in [2.75, 3.05) is 13.7 Å². The highest BCUT2D eigenvalue weighted by atomic mass is 16.5. The molecule has 0 atom stereocenters. The molecule has 0 spiro atoms. The summed E-state index contributed by atoms with van der Waals surface area (Å²) < 4.78 is 5.24. The molecule has 1 aromatic heterocycles. The molecule has 6 nitrogen and oxygen atoms in total. The summed E-state index contributed by atoms with van der Waals surface area (Å²) in [5, 5.41) is 11.6. The molecule has 19 heavy (non-hydrogen) atoms. The number of aromatic nitrogens is 1. The van der Waals surface area contributed by atoms with E-state index >= 15 is 0 Å². The van der Waals surface area contributed by atoms with Crippen LogP contribution in [0.25, 0.3) is 10.9 Å². The van der Waals surface area contributed by atoms with Gasteiger partial charge in [0.25, 0.3) is 5.91 Å². The number of hydrogen-bond donors (Lipinski definition) is 3. The van der Waals surface area contributed by atoms with Gasteiger partial charge in [0, 0.05) is 5.69 Å². The van der Waals surface area contributed by atoms with Crippen molar-refractivity contribution in [2.24, 2.45) is 0 Å². The molecule has 0 aliphatic rings. The zero-order valence-corrected chi connectivity index (χ0v) is 10.6. The summed E-state index contributed by atoms with van der Waals surface area (Å²) in [6.07, 6.45) is 0. The Labute approximate surface area is 109 Å². The molecule has 0 aliphatic heterocycles. The van der Waals surface area contributed by atoms with Crippen LogP contribution >= 0.6 is 0 Å². The first kappa shape index (κ1) is 12.9. The minimum absolute atomic E-state index is 0.411. The number of carboxylic acid groups (broad SMARTS) is 1. The zero-order chi connectivity index (χ0) is 14.0. The summed E-state index contributed by atoms with van der Waals surface area (Å²) in [5.74, 6) is -0.948. The Bertz CT molecular complexity index is 645. The molecule has 2 rings (SSSR count). The van der Waals surface area contributed by atoms with Gasteiger partial charge in [-0.05, 0) is 19.1 Å². The Morgan fingerprint density at radius 2 is 2.16 bits per heavy atom. The third-order valence-corrected chi connectivity index (χ3v) is 2.82. The summed E-state index contributed by atoms with van der Waals surface area (Å²) in [4.78, 5) is 25.6. The molecule has 3 N–H and O–H groups in total. The highest BCUT2D eigenvalue weighted by molar-refractivity contribution is 6.10. The highest BCUT2D eigenvalue weighted by Crippen LogP contribution is 2.30. The van der Waals surface area contributed by atoms with E-state index in [0.29, 0.717) is 22.4 Å². The number of aryl methyl sites for hydroxylation is 1. The maximum Gasteiger partial charge on any atom is 0.322 e. The monoisotopic (exact) mass is 262 g/mol. The number of rotatable bonds is 4. The van der Waals surface area contributed by atoms with Crippen LogP contribution in [-0.4, -0.2) is 35.6 Å². The predicted octanol–water partition coefficient (Wildman–Crippen LogP) is 1.30. The van der Waals surface area contributed by atoms with E-state index in [9.17, 15) is 9.59 Å². The molecular weight excluding hydrogens is 248 g/mol. The van der Waals surface area contributed by atoms with Crippen molar-refractivity contribution < 1.29 is 19.4 Å². The minimum Gasteiger partial charge on any atom is -0.496 e. The normalized spacial score (nSPS) is 10.4. The number of aliphatic carboxylic acids is 1. The van der Waals surface area contributed by atoms with Gasteiger partial charge in [0.2, 0.25) is 0 Å². The molecule has 0 saturated heterocycles. The lowest BCUT2D eigenvalue weighted by Crippen LogP contribution is -2.29. The quantitative estimate of drug-likeness (QED) is 0.774. The van der Waals surface area contributed by atoms with Crippen LogP contribution in [0.15, 0.2) is 18.2 Å². The van der Waals surface area contributed by atoms with Gasteiger partial charge in [0.15, 0.2) is 0 Å².